The van der Waals surface area contributed by atoms with E-state index in [1.54, 1.807) is 25.4 Å². The standard InChI is InChI=1S/C31H25FN4O2S/c1-37-22-15-17-24(18-16-22)38-23-13-11-21(12-14-23)36-30(29(34-31(36)39)26-8-4-5-19-33-26)28-10-6-20-35(28)27-9-3-2-7-25(27)32/h2-20,29-30H,1H3,(H,34,39)/t29-,30-/m0/s1. The molecule has 6 rings (SSSR count). The maximum Gasteiger partial charge on any atom is 0.174 e. The van der Waals surface area contributed by atoms with Crippen LogP contribution in [0.3, 0.4) is 0 Å². The molecule has 0 aliphatic carbocycles. The molecule has 1 fully saturated rings. The Morgan fingerprint density at radius 3 is 2.21 bits per heavy atom. The first-order chi connectivity index (χ1) is 19.1. The molecule has 39 heavy (non-hydrogen) atoms. The number of ether oxygens (including phenoxy) is 2. The van der Waals surface area contributed by atoms with Crippen molar-refractivity contribution in [3.05, 3.63) is 133 Å². The van der Waals surface area contributed by atoms with Gasteiger partial charge in [-0.15, -0.1) is 0 Å². The zero-order chi connectivity index (χ0) is 26.8. The molecule has 1 aliphatic heterocycles. The second-order valence-electron chi connectivity index (χ2n) is 9.02. The summed E-state index contributed by atoms with van der Waals surface area (Å²) in [7, 11) is 1.63. The Labute approximate surface area is 231 Å². The van der Waals surface area contributed by atoms with E-state index in [1.165, 1.54) is 6.07 Å². The summed E-state index contributed by atoms with van der Waals surface area (Å²) >= 11 is 5.86. The summed E-state index contributed by atoms with van der Waals surface area (Å²) < 4.78 is 28.0. The minimum absolute atomic E-state index is 0.255. The van der Waals surface area contributed by atoms with Gasteiger partial charge in [-0.3, -0.25) is 4.98 Å². The van der Waals surface area contributed by atoms with Gasteiger partial charge >= 0.3 is 0 Å². The number of thiocarbonyl (C=S) groups is 1. The molecule has 8 heteroatoms. The highest BCUT2D eigenvalue weighted by molar-refractivity contribution is 7.80. The van der Waals surface area contributed by atoms with Crippen molar-refractivity contribution in [1.29, 1.82) is 0 Å². The summed E-state index contributed by atoms with van der Waals surface area (Å²) in [6.45, 7) is 0. The fraction of sp³-hybridized carbons (Fsp3) is 0.0968. The molecule has 0 amide bonds. The van der Waals surface area contributed by atoms with Crippen molar-refractivity contribution in [3.63, 3.8) is 0 Å². The highest BCUT2D eigenvalue weighted by Crippen LogP contribution is 2.42. The number of pyridine rings is 1. The molecule has 3 heterocycles. The van der Waals surface area contributed by atoms with Crippen LogP contribution in [0.15, 0.2) is 116 Å². The maximum atomic E-state index is 14.9. The molecule has 2 aromatic heterocycles. The molecule has 6 nitrogen and oxygen atoms in total. The molecule has 0 bridgehead atoms. The maximum absolute atomic E-state index is 14.9. The number of hydrogen-bond acceptors (Lipinski definition) is 4. The number of para-hydroxylation sites is 1. The van der Waals surface area contributed by atoms with Crippen LogP contribution in [0.5, 0.6) is 17.2 Å². The smallest absolute Gasteiger partial charge is 0.174 e. The van der Waals surface area contributed by atoms with Gasteiger partial charge in [0.25, 0.3) is 0 Å². The van der Waals surface area contributed by atoms with Gasteiger partial charge in [0, 0.05) is 23.8 Å². The molecule has 1 N–H and O–H groups in total. The van der Waals surface area contributed by atoms with Crippen LogP contribution in [-0.4, -0.2) is 21.8 Å². The second-order valence-corrected chi connectivity index (χ2v) is 9.41. The third-order valence-corrected chi connectivity index (χ3v) is 7.02. The summed E-state index contributed by atoms with van der Waals surface area (Å²) in [5.41, 5.74) is 3.06. The van der Waals surface area contributed by atoms with Gasteiger partial charge in [0.1, 0.15) is 29.1 Å². The van der Waals surface area contributed by atoms with Crippen molar-refractivity contribution in [2.24, 2.45) is 0 Å². The lowest BCUT2D eigenvalue weighted by Crippen LogP contribution is -2.30. The Morgan fingerprint density at radius 2 is 1.51 bits per heavy atom. The first-order valence-corrected chi connectivity index (χ1v) is 12.9. The number of hydrogen-bond donors (Lipinski definition) is 1. The average Bonchev–Trinajstić information content (AvgIpc) is 3.59. The van der Waals surface area contributed by atoms with E-state index in [-0.39, 0.29) is 17.9 Å². The van der Waals surface area contributed by atoms with E-state index in [0.717, 1.165) is 22.8 Å². The Bertz CT molecular complexity index is 1590. The lowest BCUT2D eigenvalue weighted by Gasteiger charge is -2.29. The number of rotatable bonds is 7. The summed E-state index contributed by atoms with van der Waals surface area (Å²) in [5, 5.41) is 4.02. The Balaban J connectivity index is 1.37. The molecule has 194 valence electrons. The zero-order valence-electron chi connectivity index (χ0n) is 21.1. The minimum atomic E-state index is -0.301. The highest BCUT2D eigenvalue weighted by atomic mass is 32.1. The van der Waals surface area contributed by atoms with Crippen molar-refractivity contribution in [2.75, 3.05) is 12.0 Å². The van der Waals surface area contributed by atoms with Crippen LogP contribution in [-0.2, 0) is 0 Å². The average molecular weight is 537 g/mol. The number of halogens is 1. The number of nitrogens with one attached hydrogen (secondary N) is 1. The third-order valence-electron chi connectivity index (χ3n) is 6.70. The van der Waals surface area contributed by atoms with Crippen LogP contribution >= 0.6 is 12.2 Å². The van der Waals surface area contributed by atoms with E-state index in [1.807, 2.05) is 95.7 Å². The van der Waals surface area contributed by atoms with Crippen molar-refractivity contribution >= 4 is 23.0 Å². The van der Waals surface area contributed by atoms with Gasteiger partial charge in [-0.2, -0.15) is 0 Å². The molecule has 0 radical (unpaired) electrons. The monoisotopic (exact) mass is 536 g/mol. The van der Waals surface area contributed by atoms with E-state index >= 15 is 0 Å². The number of aromatic nitrogens is 2. The fourth-order valence-corrected chi connectivity index (χ4v) is 5.24. The van der Waals surface area contributed by atoms with Gasteiger partial charge in [-0.1, -0.05) is 18.2 Å². The molecule has 1 saturated heterocycles. The number of methoxy groups -OCH3 is 1. The molecular formula is C31H25FN4O2S. The van der Waals surface area contributed by atoms with Gasteiger partial charge in [0.05, 0.1) is 24.5 Å². The number of benzene rings is 3. The molecule has 2 atom stereocenters. The van der Waals surface area contributed by atoms with E-state index in [0.29, 0.717) is 22.3 Å². The van der Waals surface area contributed by atoms with Crippen LogP contribution in [0.4, 0.5) is 10.1 Å². The molecule has 3 aromatic carbocycles. The normalized spacial score (nSPS) is 16.7. The molecule has 0 unspecified atom stereocenters. The third kappa shape index (κ3) is 4.82. The van der Waals surface area contributed by atoms with Crippen molar-refractivity contribution < 1.29 is 13.9 Å². The largest absolute Gasteiger partial charge is 0.497 e. The van der Waals surface area contributed by atoms with Crippen LogP contribution in [0.25, 0.3) is 5.69 Å². The Kier molecular flexibility index (Phi) is 6.69. The predicted octanol–water partition coefficient (Wildman–Crippen LogP) is 6.99. The summed E-state index contributed by atoms with van der Waals surface area (Å²) in [6, 6.07) is 31.1. The Morgan fingerprint density at radius 1 is 0.821 bits per heavy atom. The van der Waals surface area contributed by atoms with Crippen LogP contribution < -0.4 is 19.7 Å². The molecule has 0 spiro atoms. The van der Waals surface area contributed by atoms with Gasteiger partial charge in [-0.25, -0.2) is 4.39 Å². The van der Waals surface area contributed by atoms with E-state index < -0.39 is 0 Å². The van der Waals surface area contributed by atoms with Crippen molar-refractivity contribution in [1.82, 2.24) is 14.9 Å². The van der Waals surface area contributed by atoms with E-state index in [4.69, 9.17) is 21.7 Å². The zero-order valence-corrected chi connectivity index (χ0v) is 21.9. The molecule has 1 aliphatic rings. The Hall–Kier alpha value is -4.69. The summed E-state index contributed by atoms with van der Waals surface area (Å²) in [5.74, 6) is 1.86. The van der Waals surface area contributed by atoms with Gasteiger partial charge in [-0.05, 0) is 97.1 Å². The van der Waals surface area contributed by atoms with Crippen LogP contribution in [0, 0.1) is 5.82 Å². The second kappa shape index (κ2) is 10.6. The first-order valence-electron chi connectivity index (χ1n) is 12.5. The van der Waals surface area contributed by atoms with Crippen LogP contribution in [0.2, 0.25) is 0 Å². The summed E-state index contributed by atoms with van der Waals surface area (Å²) in [6.07, 6.45) is 3.63. The van der Waals surface area contributed by atoms with Crippen molar-refractivity contribution in [2.45, 2.75) is 12.1 Å². The van der Waals surface area contributed by atoms with Crippen molar-refractivity contribution in [3.8, 4) is 22.9 Å². The summed E-state index contributed by atoms with van der Waals surface area (Å²) in [4.78, 5) is 6.67. The molecular weight excluding hydrogens is 511 g/mol. The quantitative estimate of drug-likeness (QED) is 0.226. The lowest BCUT2D eigenvalue weighted by atomic mass is 10.0. The minimum Gasteiger partial charge on any atom is -0.497 e. The first kappa shape index (κ1) is 24.6. The van der Waals surface area contributed by atoms with Gasteiger partial charge in [0.15, 0.2) is 5.11 Å². The fourth-order valence-electron chi connectivity index (χ4n) is 4.89. The highest BCUT2D eigenvalue weighted by Gasteiger charge is 2.42. The van der Waals surface area contributed by atoms with Crippen LogP contribution in [0.1, 0.15) is 23.5 Å². The number of anilines is 1. The predicted molar refractivity (Wildman–Crippen MR) is 153 cm³/mol. The molecule has 5 aromatic rings. The number of nitrogens with zero attached hydrogens (tertiary/aromatic N) is 3. The van der Waals surface area contributed by atoms with Gasteiger partial charge < -0.3 is 24.3 Å². The van der Waals surface area contributed by atoms with E-state index in [2.05, 4.69) is 15.2 Å². The van der Waals surface area contributed by atoms with Gasteiger partial charge in [0.2, 0.25) is 0 Å². The topological polar surface area (TPSA) is 51.6 Å². The van der Waals surface area contributed by atoms with E-state index in [9.17, 15) is 4.39 Å². The molecule has 0 saturated carbocycles. The lowest BCUT2D eigenvalue weighted by molar-refractivity contribution is 0.413. The SMILES string of the molecule is COc1ccc(Oc2ccc(N3C(=S)N[C@@H](c4ccccn4)[C@@H]3c3cccn3-c3ccccc3F)cc2)cc1.